The van der Waals surface area contributed by atoms with Crippen molar-refractivity contribution in [1.82, 2.24) is 10.3 Å². The van der Waals surface area contributed by atoms with Gasteiger partial charge in [-0.2, -0.15) is 0 Å². The predicted octanol–water partition coefficient (Wildman–Crippen LogP) is 2.84. The van der Waals surface area contributed by atoms with E-state index in [4.69, 9.17) is 0 Å². The van der Waals surface area contributed by atoms with Gasteiger partial charge in [-0.1, -0.05) is 13.0 Å². The Morgan fingerprint density at radius 3 is 2.78 bits per heavy atom. The van der Waals surface area contributed by atoms with Gasteiger partial charge in [0.25, 0.3) is 6.43 Å². The summed E-state index contributed by atoms with van der Waals surface area (Å²) < 4.78 is 24.8. The van der Waals surface area contributed by atoms with Gasteiger partial charge in [-0.15, -0.1) is 0 Å². The normalized spacial score (nSPS) is 12.8. The summed E-state index contributed by atoms with van der Waals surface area (Å²) in [5.74, 6) is 0.619. The summed E-state index contributed by atoms with van der Waals surface area (Å²) in [6, 6.07) is 3.87. The second kappa shape index (κ2) is 7.26. The van der Waals surface area contributed by atoms with E-state index < -0.39 is 6.43 Å². The average molecular weight is 257 g/mol. The highest BCUT2D eigenvalue weighted by Crippen LogP contribution is 2.23. The van der Waals surface area contributed by atoms with Crippen molar-refractivity contribution < 1.29 is 8.78 Å². The van der Waals surface area contributed by atoms with Gasteiger partial charge in [-0.3, -0.25) is 0 Å². The summed E-state index contributed by atoms with van der Waals surface area (Å²) in [7, 11) is 1.64. The Kier molecular flexibility index (Phi) is 5.98. The van der Waals surface area contributed by atoms with E-state index in [1.165, 1.54) is 4.90 Å². The van der Waals surface area contributed by atoms with Crippen LogP contribution >= 0.6 is 0 Å². The first-order valence-corrected chi connectivity index (χ1v) is 6.23. The molecule has 1 N–H and O–H groups in total. The molecule has 0 spiro atoms. The van der Waals surface area contributed by atoms with Crippen molar-refractivity contribution in [3.05, 3.63) is 23.9 Å². The number of hydrogen-bond donors (Lipinski definition) is 1. The van der Waals surface area contributed by atoms with Crippen molar-refractivity contribution in [2.75, 3.05) is 25.0 Å². The van der Waals surface area contributed by atoms with Crippen LogP contribution < -0.4 is 10.2 Å². The average Bonchev–Trinajstić information content (AvgIpc) is 2.35. The molecule has 1 unspecified atom stereocenters. The fraction of sp³-hybridized carbons (Fsp3) is 0.615. The van der Waals surface area contributed by atoms with E-state index in [0.29, 0.717) is 5.82 Å². The number of nitrogens with zero attached hydrogens (tertiary/aromatic N) is 2. The lowest BCUT2D eigenvalue weighted by atomic mass is 10.1. The molecule has 0 aliphatic rings. The first-order chi connectivity index (χ1) is 8.56. The highest BCUT2D eigenvalue weighted by atomic mass is 19.3. The molecule has 1 aromatic rings. The van der Waals surface area contributed by atoms with E-state index in [1.54, 1.807) is 13.2 Å². The molecule has 0 fully saturated rings. The van der Waals surface area contributed by atoms with Gasteiger partial charge in [0.15, 0.2) is 0 Å². The molecule has 0 saturated heterocycles. The summed E-state index contributed by atoms with van der Waals surface area (Å²) in [5.41, 5.74) is 0.953. The van der Waals surface area contributed by atoms with E-state index in [1.807, 2.05) is 19.1 Å². The fourth-order valence-electron chi connectivity index (χ4n) is 1.83. The molecule has 0 aliphatic carbocycles. The molecule has 0 aromatic carbocycles. The zero-order valence-corrected chi connectivity index (χ0v) is 11.2. The first kappa shape index (κ1) is 14.8. The van der Waals surface area contributed by atoms with Crippen LogP contribution in [0.2, 0.25) is 0 Å². The van der Waals surface area contributed by atoms with Crippen LogP contribution in [0, 0.1) is 0 Å². The van der Waals surface area contributed by atoms with Crippen molar-refractivity contribution in [2.24, 2.45) is 0 Å². The van der Waals surface area contributed by atoms with Crippen LogP contribution in [-0.4, -0.2) is 31.5 Å². The van der Waals surface area contributed by atoms with Crippen molar-refractivity contribution in [3.63, 3.8) is 0 Å². The maximum Gasteiger partial charge on any atom is 0.255 e. The zero-order valence-electron chi connectivity index (χ0n) is 11.2. The van der Waals surface area contributed by atoms with Crippen LogP contribution in [0.4, 0.5) is 14.6 Å². The van der Waals surface area contributed by atoms with Gasteiger partial charge in [-0.05, 0) is 26.0 Å². The maximum absolute atomic E-state index is 12.4. The third-order valence-electron chi connectivity index (χ3n) is 2.76. The van der Waals surface area contributed by atoms with Crippen molar-refractivity contribution in [1.29, 1.82) is 0 Å². The van der Waals surface area contributed by atoms with Crippen LogP contribution in [0.5, 0.6) is 0 Å². The molecule has 1 atom stereocenters. The van der Waals surface area contributed by atoms with Gasteiger partial charge >= 0.3 is 0 Å². The van der Waals surface area contributed by atoms with Gasteiger partial charge < -0.3 is 10.2 Å². The third-order valence-corrected chi connectivity index (χ3v) is 2.76. The summed E-state index contributed by atoms with van der Waals surface area (Å²) >= 11 is 0. The number of halogens is 2. The molecule has 0 amide bonds. The highest BCUT2D eigenvalue weighted by molar-refractivity contribution is 5.47. The lowest BCUT2D eigenvalue weighted by Crippen LogP contribution is -2.28. The molecular weight excluding hydrogens is 236 g/mol. The second-order valence-corrected chi connectivity index (χ2v) is 4.36. The molecule has 1 aromatic heterocycles. The standard InChI is InChI=1S/C13H21F2N3/c1-4-7-16-10(2)11-6-5-8-17-13(11)18(3)9-12(14)15/h5-6,8,10,12,16H,4,7,9H2,1-3H3. The summed E-state index contributed by atoms with van der Waals surface area (Å²) in [5, 5.41) is 3.34. The SMILES string of the molecule is CCCNC(C)c1cccnc1N(C)CC(F)F. The van der Waals surface area contributed by atoms with E-state index in [0.717, 1.165) is 18.5 Å². The molecule has 1 rings (SSSR count). The van der Waals surface area contributed by atoms with E-state index in [9.17, 15) is 8.78 Å². The van der Waals surface area contributed by atoms with E-state index in [-0.39, 0.29) is 12.6 Å². The maximum atomic E-state index is 12.4. The predicted molar refractivity (Wildman–Crippen MR) is 70.2 cm³/mol. The lowest BCUT2D eigenvalue weighted by molar-refractivity contribution is 0.156. The smallest absolute Gasteiger partial charge is 0.255 e. The largest absolute Gasteiger partial charge is 0.354 e. The van der Waals surface area contributed by atoms with E-state index in [2.05, 4.69) is 17.2 Å². The molecule has 18 heavy (non-hydrogen) atoms. The minimum absolute atomic E-state index is 0.105. The number of nitrogens with one attached hydrogen (secondary N) is 1. The van der Waals surface area contributed by atoms with Gasteiger partial charge in [-0.25, -0.2) is 13.8 Å². The Labute approximate surface area is 107 Å². The Morgan fingerprint density at radius 2 is 2.17 bits per heavy atom. The molecule has 3 nitrogen and oxygen atoms in total. The van der Waals surface area contributed by atoms with E-state index >= 15 is 0 Å². The van der Waals surface area contributed by atoms with Crippen LogP contribution in [0.1, 0.15) is 31.9 Å². The zero-order chi connectivity index (χ0) is 13.5. The quantitative estimate of drug-likeness (QED) is 0.814. The molecule has 102 valence electrons. The summed E-state index contributed by atoms with van der Waals surface area (Å²) in [4.78, 5) is 5.72. The number of hydrogen-bond acceptors (Lipinski definition) is 3. The Hall–Kier alpha value is -1.23. The van der Waals surface area contributed by atoms with Crippen molar-refractivity contribution in [2.45, 2.75) is 32.7 Å². The van der Waals surface area contributed by atoms with Crippen molar-refractivity contribution in [3.8, 4) is 0 Å². The molecule has 5 heteroatoms. The van der Waals surface area contributed by atoms with Gasteiger partial charge in [0.1, 0.15) is 5.82 Å². The molecule has 0 radical (unpaired) electrons. The number of anilines is 1. The van der Waals surface area contributed by atoms with Gasteiger partial charge in [0, 0.05) is 24.8 Å². The Morgan fingerprint density at radius 1 is 1.44 bits per heavy atom. The molecule has 0 aliphatic heterocycles. The van der Waals surface area contributed by atoms with Crippen LogP contribution in [-0.2, 0) is 0 Å². The highest BCUT2D eigenvalue weighted by Gasteiger charge is 2.16. The van der Waals surface area contributed by atoms with Crippen LogP contribution in [0.25, 0.3) is 0 Å². The number of aromatic nitrogens is 1. The Bertz CT molecular complexity index is 358. The van der Waals surface area contributed by atoms with Gasteiger partial charge in [0.2, 0.25) is 0 Å². The third kappa shape index (κ3) is 4.22. The minimum atomic E-state index is -2.36. The van der Waals surface area contributed by atoms with Crippen LogP contribution in [0.15, 0.2) is 18.3 Å². The summed E-state index contributed by atoms with van der Waals surface area (Å²) in [6.45, 7) is 4.71. The number of rotatable bonds is 7. The first-order valence-electron chi connectivity index (χ1n) is 6.23. The fourth-order valence-corrected chi connectivity index (χ4v) is 1.83. The lowest BCUT2D eigenvalue weighted by Gasteiger charge is -2.24. The molecule has 0 bridgehead atoms. The molecule has 1 heterocycles. The second-order valence-electron chi connectivity index (χ2n) is 4.36. The Balaban J connectivity index is 2.84. The van der Waals surface area contributed by atoms with Crippen molar-refractivity contribution >= 4 is 5.82 Å². The van der Waals surface area contributed by atoms with Crippen LogP contribution in [0.3, 0.4) is 0 Å². The number of alkyl halides is 2. The van der Waals surface area contributed by atoms with Gasteiger partial charge in [0.05, 0.1) is 6.54 Å². The molecule has 0 saturated carbocycles. The summed E-state index contributed by atoms with van der Waals surface area (Å²) in [6.07, 6.45) is 0.309. The topological polar surface area (TPSA) is 28.2 Å². The number of pyridine rings is 1. The minimum Gasteiger partial charge on any atom is -0.354 e. The molecular formula is C13H21F2N3. The monoisotopic (exact) mass is 257 g/mol.